The van der Waals surface area contributed by atoms with Gasteiger partial charge in [-0.2, -0.15) is 0 Å². The number of halogens is 3. The molecule has 0 radical (unpaired) electrons. The van der Waals surface area contributed by atoms with Crippen molar-refractivity contribution >= 4 is 45.1 Å². The Bertz CT molecular complexity index is 644. The number of benzene rings is 2. The molecule has 98 valence electrons. The van der Waals surface area contributed by atoms with Crippen LogP contribution in [0.15, 0.2) is 40.9 Å². The second-order valence-corrected chi connectivity index (χ2v) is 5.21. The van der Waals surface area contributed by atoms with Crippen LogP contribution in [0.2, 0.25) is 10.0 Å². The molecule has 0 fully saturated rings. The standard InChI is InChI=1S/C13H7BrCl2O3/c14-7-3-1-5-9(11(7)13(17)18)19-10-6-2-4-8(15)12(10)16/h1-6H,(H,17,18). The van der Waals surface area contributed by atoms with Crippen molar-refractivity contribution in [3.63, 3.8) is 0 Å². The normalized spacial score (nSPS) is 10.3. The van der Waals surface area contributed by atoms with Crippen molar-refractivity contribution in [3.8, 4) is 11.5 Å². The zero-order chi connectivity index (χ0) is 14.0. The second-order valence-electron chi connectivity index (χ2n) is 3.57. The van der Waals surface area contributed by atoms with Crippen LogP contribution in [0.5, 0.6) is 11.5 Å². The highest BCUT2D eigenvalue weighted by Gasteiger charge is 2.17. The Hall–Kier alpha value is -1.23. The van der Waals surface area contributed by atoms with Crippen molar-refractivity contribution < 1.29 is 14.6 Å². The molecule has 1 N–H and O–H groups in total. The van der Waals surface area contributed by atoms with Gasteiger partial charge in [0.05, 0.1) is 5.02 Å². The summed E-state index contributed by atoms with van der Waals surface area (Å²) in [6.45, 7) is 0. The number of hydrogen-bond donors (Lipinski definition) is 1. The Morgan fingerprint density at radius 3 is 2.42 bits per heavy atom. The summed E-state index contributed by atoms with van der Waals surface area (Å²) in [6, 6.07) is 9.74. The third-order valence-corrected chi connectivity index (χ3v) is 3.79. The quantitative estimate of drug-likeness (QED) is 0.812. The molecule has 0 saturated heterocycles. The van der Waals surface area contributed by atoms with Gasteiger partial charge in [0.1, 0.15) is 22.1 Å². The van der Waals surface area contributed by atoms with Crippen molar-refractivity contribution in [1.82, 2.24) is 0 Å². The van der Waals surface area contributed by atoms with Gasteiger partial charge in [-0.05, 0) is 40.2 Å². The Kier molecular flexibility index (Phi) is 4.34. The summed E-state index contributed by atoms with van der Waals surface area (Å²) in [4.78, 5) is 11.2. The van der Waals surface area contributed by atoms with Crippen LogP contribution in [0, 0.1) is 0 Å². The van der Waals surface area contributed by atoms with Crippen molar-refractivity contribution in [1.29, 1.82) is 0 Å². The summed E-state index contributed by atoms with van der Waals surface area (Å²) < 4.78 is 5.96. The molecule has 2 rings (SSSR count). The summed E-state index contributed by atoms with van der Waals surface area (Å²) in [5.74, 6) is -0.610. The van der Waals surface area contributed by atoms with Crippen LogP contribution in [0.25, 0.3) is 0 Å². The molecule has 0 atom stereocenters. The van der Waals surface area contributed by atoms with Crippen LogP contribution in [-0.2, 0) is 0 Å². The maximum absolute atomic E-state index is 11.2. The largest absolute Gasteiger partial charge is 0.478 e. The first-order valence-corrected chi connectivity index (χ1v) is 6.69. The molecular formula is C13H7BrCl2O3. The molecule has 19 heavy (non-hydrogen) atoms. The first-order valence-electron chi connectivity index (χ1n) is 5.14. The van der Waals surface area contributed by atoms with Crippen molar-refractivity contribution in [3.05, 3.63) is 56.5 Å². The van der Waals surface area contributed by atoms with Gasteiger partial charge in [-0.25, -0.2) is 4.79 Å². The Balaban J connectivity index is 2.47. The molecule has 0 aliphatic carbocycles. The van der Waals surface area contributed by atoms with Crippen molar-refractivity contribution in [2.45, 2.75) is 0 Å². The van der Waals surface area contributed by atoms with Gasteiger partial charge >= 0.3 is 5.97 Å². The SMILES string of the molecule is O=C(O)c1c(Br)cccc1Oc1cccc(Cl)c1Cl. The number of carboxylic acids is 1. The first-order chi connectivity index (χ1) is 9.00. The molecule has 0 amide bonds. The molecule has 2 aromatic rings. The Labute approximate surface area is 127 Å². The average Bonchev–Trinajstić information content (AvgIpc) is 2.34. The number of hydrogen-bond acceptors (Lipinski definition) is 2. The molecule has 2 aromatic carbocycles. The van der Waals surface area contributed by atoms with Gasteiger partial charge in [0, 0.05) is 4.47 Å². The molecule has 0 aromatic heterocycles. The molecule has 0 heterocycles. The minimum atomic E-state index is -1.10. The van der Waals surface area contributed by atoms with E-state index >= 15 is 0 Å². The Morgan fingerprint density at radius 2 is 1.74 bits per heavy atom. The summed E-state index contributed by atoms with van der Waals surface area (Å²) in [5.41, 5.74) is 0.0264. The number of aromatic carboxylic acids is 1. The van der Waals surface area contributed by atoms with Gasteiger partial charge in [0.25, 0.3) is 0 Å². The van der Waals surface area contributed by atoms with Crippen LogP contribution in [0.4, 0.5) is 0 Å². The van der Waals surface area contributed by atoms with E-state index in [0.717, 1.165) is 0 Å². The lowest BCUT2D eigenvalue weighted by Crippen LogP contribution is -2.01. The van der Waals surface area contributed by atoms with E-state index in [4.69, 9.17) is 27.9 Å². The molecule has 0 aliphatic heterocycles. The highest BCUT2D eigenvalue weighted by molar-refractivity contribution is 9.10. The summed E-state index contributed by atoms with van der Waals surface area (Å²) >= 11 is 15.0. The van der Waals surface area contributed by atoms with E-state index in [0.29, 0.717) is 15.2 Å². The van der Waals surface area contributed by atoms with Gasteiger partial charge in [-0.3, -0.25) is 0 Å². The fraction of sp³-hybridized carbons (Fsp3) is 0. The summed E-state index contributed by atoms with van der Waals surface area (Å²) in [5, 5.41) is 9.75. The molecule has 0 saturated carbocycles. The number of ether oxygens (including phenoxy) is 1. The topological polar surface area (TPSA) is 46.5 Å². The number of carbonyl (C=O) groups is 1. The van der Waals surface area contributed by atoms with Crippen molar-refractivity contribution in [2.24, 2.45) is 0 Å². The Morgan fingerprint density at radius 1 is 1.11 bits per heavy atom. The van der Waals surface area contributed by atoms with E-state index in [-0.39, 0.29) is 16.3 Å². The van der Waals surface area contributed by atoms with E-state index in [1.54, 1.807) is 36.4 Å². The molecule has 3 nitrogen and oxygen atoms in total. The van der Waals surface area contributed by atoms with Crippen molar-refractivity contribution in [2.75, 3.05) is 0 Å². The first kappa shape index (κ1) is 14.2. The lowest BCUT2D eigenvalue weighted by Gasteiger charge is -2.11. The number of rotatable bonds is 3. The highest BCUT2D eigenvalue weighted by atomic mass is 79.9. The molecule has 0 bridgehead atoms. The molecule has 0 spiro atoms. The fourth-order valence-corrected chi connectivity index (χ4v) is 2.33. The smallest absolute Gasteiger partial charge is 0.340 e. The molecular weight excluding hydrogens is 355 g/mol. The zero-order valence-corrected chi connectivity index (χ0v) is 12.5. The van der Waals surface area contributed by atoms with E-state index in [1.165, 1.54) is 0 Å². The van der Waals surface area contributed by atoms with E-state index in [2.05, 4.69) is 15.9 Å². The van der Waals surface area contributed by atoms with Crippen LogP contribution in [0.3, 0.4) is 0 Å². The van der Waals surface area contributed by atoms with Gasteiger partial charge in [0.2, 0.25) is 0 Å². The van der Waals surface area contributed by atoms with Gasteiger partial charge in [-0.15, -0.1) is 0 Å². The lowest BCUT2D eigenvalue weighted by molar-refractivity contribution is 0.0693. The zero-order valence-electron chi connectivity index (χ0n) is 9.36. The third kappa shape index (κ3) is 3.03. The maximum Gasteiger partial charge on any atom is 0.340 e. The van der Waals surface area contributed by atoms with Crippen LogP contribution >= 0.6 is 39.1 Å². The summed E-state index contributed by atoms with van der Waals surface area (Å²) in [6.07, 6.45) is 0. The highest BCUT2D eigenvalue weighted by Crippen LogP contribution is 2.37. The molecule has 0 unspecified atom stereocenters. The fourth-order valence-electron chi connectivity index (χ4n) is 1.48. The van der Waals surface area contributed by atoms with Gasteiger partial charge in [-0.1, -0.05) is 35.3 Å². The van der Waals surface area contributed by atoms with Crippen LogP contribution < -0.4 is 4.74 Å². The van der Waals surface area contributed by atoms with Gasteiger partial charge < -0.3 is 9.84 Å². The van der Waals surface area contributed by atoms with Gasteiger partial charge in [0.15, 0.2) is 0 Å². The maximum atomic E-state index is 11.2. The number of carboxylic acid groups (broad SMARTS) is 1. The second kappa shape index (κ2) is 5.82. The predicted molar refractivity (Wildman–Crippen MR) is 77.6 cm³/mol. The van der Waals surface area contributed by atoms with E-state index < -0.39 is 5.97 Å². The average molecular weight is 362 g/mol. The van der Waals surface area contributed by atoms with E-state index in [9.17, 15) is 9.90 Å². The summed E-state index contributed by atoms with van der Waals surface area (Å²) in [7, 11) is 0. The van der Waals surface area contributed by atoms with Crippen LogP contribution in [-0.4, -0.2) is 11.1 Å². The van der Waals surface area contributed by atoms with Crippen LogP contribution in [0.1, 0.15) is 10.4 Å². The lowest BCUT2D eigenvalue weighted by atomic mass is 10.2. The van der Waals surface area contributed by atoms with E-state index in [1.807, 2.05) is 0 Å². The minimum Gasteiger partial charge on any atom is -0.478 e. The molecule has 0 aliphatic rings. The predicted octanol–water partition coefficient (Wildman–Crippen LogP) is 5.25. The minimum absolute atomic E-state index is 0.0264. The monoisotopic (exact) mass is 360 g/mol. The molecule has 6 heteroatoms. The third-order valence-electron chi connectivity index (χ3n) is 2.33.